The largest absolute Gasteiger partial charge is 0.462 e. The highest BCUT2D eigenvalue weighted by molar-refractivity contribution is 7.15. The Balaban J connectivity index is 1.63. The molecule has 1 N–H and O–H groups in total. The number of carbonyl (C=O) groups is 2. The van der Waals surface area contributed by atoms with Crippen molar-refractivity contribution in [3.05, 3.63) is 88.5 Å². The summed E-state index contributed by atoms with van der Waals surface area (Å²) in [4.78, 5) is 25.5. The topological polar surface area (TPSA) is 68.5 Å². The molecule has 7 heteroatoms. The molecule has 0 aliphatic heterocycles. The van der Waals surface area contributed by atoms with Gasteiger partial charge in [-0.25, -0.2) is 4.79 Å². The van der Waals surface area contributed by atoms with E-state index in [0.717, 1.165) is 11.1 Å². The fraction of sp³-hybridized carbons (Fsp3) is 0.0833. The van der Waals surface area contributed by atoms with Crippen LogP contribution in [0.4, 0.5) is 5.00 Å². The molecule has 4 aromatic rings. The van der Waals surface area contributed by atoms with Crippen molar-refractivity contribution in [3.8, 4) is 22.5 Å². The van der Waals surface area contributed by atoms with Crippen molar-refractivity contribution >= 4 is 39.8 Å². The summed E-state index contributed by atoms with van der Waals surface area (Å²) in [6, 6.07) is 19.9. The summed E-state index contributed by atoms with van der Waals surface area (Å²) >= 11 is 7.30. The Kier molecular flexibility index (Phi) is 6.21. The van der Waals surface area contributed by atoms with Gasteiger partial charge in [0, 0.05) is 21.5 Å². The zero-order valence-electron chi connectivity index (χ0n) is 16.6. The first-order valence-corrected chi connectivity index (χ1v) is 10.8. The summed E-state index contributed by atoms with van der Waals surface area (Å²) in [7, 11) is 0. The molecule has 0 atom stereocenters. The highest BCUT2D eigenvalue weighted by Crippen LogP contribution is 2.36. The number of halogens is 1. The van der Waals surface area contributed by atoms with Crippen LogP contribution in [0.25, 0.3) is 22.5 Å². The Morgan fingerprint density at radius 3 is 2.55 bits per heavy atom. The van der Waals surface area contributed by atoms with E-state index in [2.05, 4.69) is 5.32 Å². The van der Waals surface area contributed by atoms with E-state index in [1.165, 1.54) is 11.3 Å². The van der Waals surface area contributed by atoms with E-state index < -0.39 is 11.9 Å². The molecule has 2 aromatic heterocycles. The van der Waals surface area contributed by atoms with Gasteiger partial charge in [-0.15, -0.1) is 11.3 Å². The average Bonchev–Trinajstić information content (AvgIpc) is 3.42. The van der Waals surface area contributed by atoms with Gasteiger partial charge < -0.3 is 14.5 Å². The van der Waals surface area contributed by atoms with E-state index in [9.17, 15) is 9.59 Å². The van der Waals surface area contributed by atoms with Gasteiger partial charge in [-0.1, -0.05) is 54.1 Å². The van der Waals surface area contributed by atoms with Crippen LogP contribution in [-0.2, 0) is 4.74 Å². The fourth-order valence-electron chi connectivity index (χ4n) is 3.11. The Bertz CT molecular complexity index is 1230. The van der Waals surface area contributed by atoms with Crippen LogP contribution < -0.4 is 5.32 Å². The van der Waals surface area contributed by atoms with Crippen LogP contribution in [0.5, 0.6) is 0 Å². The van der Waals surface area contributed by atoms with Gasteiger partial charge in [-0.2, -0.15) is 0 Å². The fourth-order valence-corrected chi connectivity index (χ4v) is 4.25. The molecule has 0 bridgehead atoms. The Morgan fingerprint density at radius 2 is 1.81 bits per heavy atom. The molecule has 0 radical (unpaired) electrons. The second-order valence-electron chi connectivity index (χ2n) is 6.57. The lowest BCUT2D eigenvalue weighted by Gasteiger charge is -2.08. The number of hydrogen-bond acceptors (Lipinski definition) is 5. The summed E-state index contributed by atoms with van der Waals surface area (Å²) in [6.45, 7) is 1.97. The minimum absolute atomic E-state index is 0.124. The predicted octanol–water partition coefficient (Wildman–Crippen LogP) is 6.76. The van der Waals surface area contributed by atoms with Crippen molar-refractivity contribution in [1.82, 2.24) is 0 Å². The van der Waals surface area contributed by atoms with Gasteiger partial charge in [-0.3, -0.25) is 4.79 Å². The van der Waals surface area contributed by atoms with E-state index in [4.69, 9.17) is 20.8 Å². The lowest BCUT2D eigenvalue weighted by atomic mass is 10.0. The van der Waals surface area contributed by atoms with E-state index in [0.29, 0.717) is 26.9 Å². The van der Waals surface area contributed by atoms with Gasteiger partial charge in [0.05, 0.1) is 6.61 Å². The van der Waals surface area contributed by atoms with Crippen molar-refractivity contribution in [3.63, 3.8) is 0 Å². The van der Waals surface area contributed by atoms with Crippen LogP contribution in [0, 0.1) is 0 Å². The summed E-state index contributed by atoms with van der Waals surface area (Å²) in [5, 5.41) is 5.60. The van der Waals surface area contributed by atoms with Crippen molar-refractivity contribution in [2.45, 2.75) is 6.92 Å². The molecule has 0 aliphatic rings. The van der Waals surface area contributed by atoms with E-state index in [1.54, 1.807) is 31.2 Å². The van der Waals surface area contributed by atoms with Crippen LogP contribution >= 0.6 is 22.9 Å². The molecule has 2 aromatic carbocycles. The molecule has 0 saturated carbocycles. The molecule has 5 nitrogen and oxygen atoms in total. The maximum Gasteiger partial charge on any atom is 0.341 e. The highest BCUT2D eigenvalue weighted by Gasteiger charge is 2.24. The number of benzene rings is 2. The van der Waals surface area contributed by atoms with Gasteiger partial charge in [0.25, 0.3) is 5.91 Å². The van der Waals surface area contributed by atoms with Gasteiger partial charge in [-0.05, 0) is 36.8 Å². The predicted molar refractivity (Wildman–Crippen MR) is 123 cm³/mol. The lowest BCUT2D eigenvalue weighted by Crippen LogP contribution is -2.14. The number of anilines is 1. The number of amides is 1. The standard InChI is InChI=1S/C24H18ClNO4S/c1-2-29-24(28)21-18(15-7-4-3-5-8-15)14-31-23(21)26-22(27)20-12-11-19(30-20)16-9-6-10-17(25)13-16/h3-14H,2H2,1H3,(H,26,27). The number of ether oxygens (including phenoxy) is 1. The third-order valence-corrected chi connectivity index (χ3v) is 5.65. The molecule has 31 heavy (non-hydrogen) atoms. The lowest BCUT2D eigenvalue weighted by molar-refractivity contribution is 0.0529. The molecule has 0 unspecified atom stereocenters. The number of rotatable bonds is 6. The van der Waals surface area contributed by atoms with Gasteiger partial charge in [0.2, 0.25) is 0 Å². The van der Waals surface area contributed by atoms with E-state index in [-0.39, 0.29) is 12.4 Å². The molecule has 2 heterocycles. The third-order valence-electron chi connectivity index (χ3n) is 4.52. The zero-order chi connectivity index (χ0) is 21.8. The van der Waals surface area contributed by atoms with E-state index >= 15 is 0 Å². The number of furan rings is 1. The molecule has 0 aliphatic carbocycles. The first-order valence-electron chi connectivity index (χ1n) is 9.58. The SMILES string of the molecule is CCOC(=O)c1c(-c2ccccc2)csc1NC(=O)c1ccc(-c2cccc(Cl)c2)o1. The van der Waals surface area contributed by atoms with Gasteiger partial charge in [0.15, 0.2) is 5.76 Å². The molecule has 156 valence electrons. The van der Waals surface area contributed by atoms with Crippen molar-refractivity contribution in [2.75, 3.05) is 11.9 Å². The van der Waals surface area contributed by atoms with E-state index in [1.807, 2.05) is 47.8 Å². The second kappa shape index (κ2) is 9.20. The van der Waals surface area contributed by atoms with Crippen molar-refractivity contribution in [2.24, 2.45) is 0 Å². The zero-order valence-corrected chi connectivity index (χ0v) is 18.1. The summed E-state index contributed by atoms with van der Waals surface area (Å²) in [5.74, 6) is -0.300. The highest BCUT2D eigenvalue weighted by atomic mass is 35.5. The molecular formula is C24H18ClNO4S. The first-order chi connectivity index (χ1) is 15.1. The first kappa shape index (κ1) is 20.9. The summed E-state index contributed by atoms with van der Waals surface area (Å²) < 4.78 is 10.9. The molecular weight excluding hydrogens is 434 g/mol. The maximum absolute atomic E-state index is 12.8. The van der Waals surface area contributed by atoms with Gasteiger partial charge in [0.1, 0.15) is 16.3 Å². The third kappa shape index (κ3) is 4.55. The minimum Gasteiger partial charge on any atom is -0.462 e. The quantitative estimate of drug-likeness (QED) is 0.329. The monoisotopic (exact) mass is 451 g/mol. The Morgan fingerprint density at radius 1 is 1.03 bits per heavy atom. The maximum atomic E-state index is 12.8. The number of esters is 1. The second-order valence-corrected chi connectivity index (χ2v) is 7.88. The summed E-state index contributed by atoms with van der Waals surface area (Å²) in [5.41, 5.74) is 2.66. The van der Waals surface area contributed by atoms with Crippen LogP contribution in [0.3, 0.4) is 0 Å². The normalized spacial score (nSPS) is 10.6. The van der Waals surface area contributed by atoms with Crippen LogP contribution in [0.15, 0.2) is 76.5 Å². The molecule has 0 spiro atoms. The van der Waals surface area contributed by atoms with Crippen LogP contribution in [-0.4, -0.2) is 18.5 Å². The van der Waals surface area contributed by atoms with Crippen molar-refractivity contribution < 1.29 is 18.7 Å². The van der Waals surface area contributed by atoms with Crippen LogP contribution in [0.2, 0.25) is 5.02 Å². The van der Waals surface area contributed by atoms with Crippen molar-refractivity contribution in [1.29, 1.82) is 0 Å². The smallest absolute Gasteiger partial charge is 0.341 e. The number of carbonyl (C=O) groups excluding carboxylic acids is 2. The number of nitrogens with one attached hydrogen (secondary N) is 1. The average molecular weight is 452 g/mol. The molecule has 4 rings (SSSR count). The minimum atomic E-state index is -0.489. The Labute approximate surface area is 188 Å². The molecule has 0 fully saturated rings. The Hall–Kier alpha value is -3.35. The molecule has 0 saturated heterocycles. The number of thiophene rings is 1. The summed E-state index contributed by atoms with van der Waals surface area (Å²) in [6.07, 6.45) is 0. The number of hydrogen-bond donors (Lipinski definition) is 1. The molecule has 1 amide bonds. The van der Waals surface area contributed by atoms with Crippen LogP contribution in [0.1, 0.15) is 27.8 Å². The van der Waals surface area contributed by atoms with Gasteiger partial charge >= 0.3 is 5.97 Å².